The number of imidazole rings is 1. The van der Waals surface area contributed by atoms with Crippen LogP contribution in [0.5, 0.6) is 5.75 Å². The van der Waals surface area contributed by atoms with Crippen molar-refractivity contribution < 1.29 is 14.3 Å². The van der Waals surface area contributed by atoms with E-state index in [4.69, 9.17) is 9.47 Å². The van der Waals surface area contributed by atoms with Gasteiger partial charge >= 0.3 is 0 Å². The van der Waals surface area contributed by atoms with Crippen molar-refractivity contribution in [1.29, 1.82) is 0 Å². The number of amides is 1. The molecule has 1 atom stereocenters. The van der Waals surface area contributed by atoms with Crippen molar-refractivity contribution >= 4 is 11.6 Å². The third-order valence-electron chi connectivity index (χ3n) is 4.93. The quantitative estimate of drug-likeness (QED) is 0.632. The summed E-state index contributed by atoms with van der Waals surface area (Å²) in [6.07, 6.45) is 5.88. The first kappa shape index (κ1) is 18.5. The number of aryl methyl sites for hydroxylation is 1. The number of hydrogen-bond acceptors (Lipinski definition) is 4. The van der Waals surface area contributed by atoms with E-state index in [0.29, 0.717) is 25.4 Å². The van der Waals surface area contributed by atoms with Crippen LogP contribution in [0.1, 0.15) is 28.9 Å². The van der Waals surface area contributed by atoms with Crippen LogP contribution in [0.25, 0.3) is 5.65 Å². The van der Waals surface area contributed by atoms with E-state index in [1.165, 1.54) is 0 Å². The van der Waals surface area contributed by atoms with Gasteiger partial charge in [-0.3, -0.25) is 4.79 Å². The van der Waals surface area contributed by atoms with Gasteiger partial charge in [0.25, 0.3) is 5.91 Å². The second kappa shape index (κ2) is 8.44. The number of aromatic nitrogens is 2. The van der Waals surface area contributed by atoms with Crippen LogP contribution in [0.15, 0.2) is 54.9 Å². The Bertz CT molecular complexity index is 933. The Morgan fingerprint density at radius 3 is 2.89 bits per heavy atom. The van der Waals surface area contributed by atoms with Gasteiger partial charge < -0.3 is 18.8 Å². The van der Waals surface area contributed by atoms with Crippen molar-refractivity contribution in [2.75, 3.05) is 26.3 Å². The molecule has 0 radical (unpaired) electrons. The van der Waals surface area contributed by atoms with Gasteiger partial charge in [0, 0.05) is 25.5 Å². The standard InChI is InChI=1S/C22H25N3O3/c1-17-9-10-21-23-20(16-25(21)14-17)22(26)24(15-19-8-5-12-27-19)11-13-28-18-6-3-2-4-7-18/h2-4,6-7,9-10,14,16,19H,5,8,11-13,15H2,1H3. The zero-order valence-electron chi connectivity index (χ0n) is 16.1. The zero-order chi connectivity index (χ0) is 19.3. The Kier molecular flexibility index (Phi) is 5.58. The van der Waals surface area contributed by atoms with Crippen LogP contribution in [0, 0.1) is 6.92 Å². The molecule has 6 heteroatoms. The second-order valence-electron chi connectivity index (χ2n) is 7.15. The number of benzene rings is 1. The van der Waals surface area contributed by atoms with Crippen LogP contribution < -0.4 is 4.74 Å². The van der Waals surface area contributed by atoms with Crippen LogP contribution in [0.2, 0.25) is 0 Å². The minimum Gasteiger partial charge on any atom is -0.492 e. The van der Waals surface area contributed by atoms with Crippen LogP contribution in [-0.2, 0) is 4.74 Å². The minimum atomic E-state index is -0.0893. The van der Waals surface area contributed by atoms with Crippen LogP contribution in [-0.4, -0.2) is 52.6 Å². The highest BCUT2D eigenvalue weighted by atomic mass is 16.5. The van der Waals surface area contributed by atoms with Gasteiger partial charge in [-0.2, -0.15) is 0 Å². The summed E-state index contributed by atoms with van der Waals surface area (Å²) in [5.74, 6) is 0.712. The maximum absolute atomic E-state index is 13.2. The van der Waals surface area contributed by atoms with E-state index >= 15 is 0 Å². The summed E-state index contributed by atoms with van der Waals surface area (Å²) < 4.78 is 13.4. The number of hydrogen-bond donors (Lipinski definition) is 0. The van der Waals surface area contributed by atoms with E-state index in [2.05, 4.69) is 4.98 Å². The molecular formula is C22H25N3O3. The Morgan fingerprint density at radius 2 is 2.11 bits per heavy atom. The molecular weight excluding hydrogens is 354 g/mol. The van der Waals surface area contributed by atoms with E-state index in [0.717, 1.165) is 36.4 Å². The summed E-state index contributed by atoms with van der Waals surface area (Å²) >= 11 is 0. The Hall–Kier alpha value is -2.86. The fraction of sp³-hybridized carbons (Fsp3) is 0.364. The van der Waals surface area contributed by atoms with Gasteiger partial charge in [-0.15, -0.1) is 0 Å². The van der Waals surface area contributed by atoms with E-state index < -0.39 is 0 Å². The highest BCUT2D eigenvalue weighted by Gasteiger charge is 2.25. The van der Waals surface area contributed by atoms with Crippen molar-refractivity contribution in [3.8, 4) is 5.75 Å². The van der Waals surface area contributed by atoms with Crippen molar-refractivity contribution in [3.63, 3.8) is 0 Å². The van der Waals surface area contributed by atoms with Gasteiger partial charge in [0.05, 0.1) is 12.6 Å². The van der Waals surface area contributed by atoms with E-state index in [1.54, 1.807) is 11.1 Å². The molecule has 1 fully saturated rings. The number of carbonyl (C=O) groups is 1. The SMILES string of the molecule is Cc1ccc2nc(C(=O)N(CCOc3ccccc3)CC3CCCO3)cn2c1. The molecule has 0 N–H and O–H groups in total. The average molecular weight is 379 g/mol. The molecule has 1 amide bonds. The minimum absolute atomic E-state index is 0.0833. The molecule has 3 aromatic rings. The molecule has 1 aliphatic heterocycles. The first-order chi connectivity index (χ1) is 13.7. The number of ether oxygens (including phenoxy) is 2. The summed E-state index contributed by atoms with van der Waals surface area (Å²) in [4.78, 5) is 19.5. The third kappa shape index (κ3) is 4.34. The van der Waals surface area contributed by atoms with Gasteiger partial charge in [0.1, 0.15) is 23.7 Å². The van der Waals surface area contributed by atoms with Crippen molar-refractivity contribution in [1.82, 2.24) is 14.3 Å². The molecule has 4 rings (SSSR count). The van der Waals surface area contributed by atoms with Gasteiger partial charge in [-0.1, -0.05) is 24.3 Å². The van der Waals surface area contributed by atoms with Crippen LogP contribution >= 0.6 is 0 Å². The molecule has 1 saturated heterocycles. The normalized spacial score (nSPS) is 16.4. The van der Waals surface area contributed by atoms with Crippen LogP contribution in [0.3, 0.4) is 0 Å². The second-order valence-corrected chi connectivity index (χ2v) is 7.15. The van der Waals surface area contributed by atoms with Gasteiger partial charge in [0.2, 0.25) is 0 Å². The fourth-order valence-corrected chi connectivity index (χ4v) is 3.47. The maximum Gasteiger partial charge on any atom is 0.274 e. The number of nitrogens with zero attached hydrogens (tertiary/aromatic N) is 3. The number of fused-ring (bicyclic) bond motifs is 1. The lowest BCUT2D eigenvalue weighted by atomic mass is 10.2. The monoisotopic (exact) mass is 379 g/mol. The lowest BCUT2D eigenvalue weighted by Crippen LogP contribution is -2.40. The fourth-order valence-electron chi connectivity index (χ4n) is 3.47. The number of pyridine rings is 1. The number of para-hydroxylation sites is 1. The average Bonchev–Trinajstić information content (AvgIpc) is 3.36. The smallest absolute Gasteiger partial charge is 0.274 e. The topological polar surface area (TPSA) is 56.1 Å². The lowest BCUT2D eigenvalue weighted by Gasteiger charge is -2.24. The Morgan fingerprint density at radius 1 is 1.25 bits per heavy atom. The van der Waals surface area contributed by atoms with Crippen molar-refractivity contribution in [2.24, 2.45) is 0 Å². The Balaban J connectivity index is 1.48. The summed E-state index contributed by atoms with van der Waals surface area (Å²) in [7, 11) is 0. The molecule has 28 heavy (non-hydrogen) atoms. The molecule has 2 aromatic heterocycles. The molecule has 0 saturated carbocycles. The van der Waals surface area contributed by atoms with Crippen molar-refractivity contribution in [2.45, 2.75) is 25.9 Å². The summed E-state index contributed by atoms with van der Waals surface area (Å²) in [5, 5.41) is 0. The van der Waals surface area contributed by atoms with Crippen LogP contribution in [0.4, 0.5) is 0 Å². The summed E-state index contributed by atoms with van der Waals surface area (Å²) in [6.45, 7) is 4.26. The molecule has 1 aliphatic rings. The van der Waals surface area contributed by atoms with Gasteiger partial charge in [-0.05, 0) is 43.5 Å². The lowest BCUT2D eigenvalue weighted by molar-refractivity contribution is 0.0490. The molecule has 6 nitrogen and oxygen atoms in total. The Labute approximate surface area is 164 Å². The molecule has 1 aromatic carbocycles. The number of rotatable bonds is 7. The molecule has 0 spiro atoms. The third-order valence-corrected chi connectivity index (χ3v) is 4.93. The van der Waals surface area contributed by atoms with E-state index in [1.807, 2.05) is 60.0 Å². The van der Waals surface area contributed by atoms with Gasteiger partial charge in [-0.25, -0.2) is 4.98 Å². The maximum atomic E-state index is 13.2. The molecule has 0 bridgehead atoms. The predicted molar refractivity (Wildman–Crippen MR) is 107 cm³/mol. The van der Waals surface area contributed by atoms with E-state index in [-0.39, 0.29) is 12.0 Å². The van der Waals surface area contributed by atoms with E-state index in [9.17, 15) is 4.79 Å². The molecule has 0 aliphatic carbocycles. The number of carbonyl (C=O) groups excluding carboxylic acids is 1. The molecule has 1 unspecified atom stereocenters. The van der Waals surface area contributed by atoms with Gasteiger partial charge in [0.15, 0.2) is 0 Å². The molecule has 146 valence electrons. The predicted octanol–water partition coefficient (Wildman–Crippen LogP) is 3.34. The summed E-state index contributed by atoms with van der Waals surface area (Å²) in [5.41, 5.74) is 2.34. The highest BCUT2D eigenvalue weighted by Crippen LogP contribution is 2.16. The largest absolute Gasteiger partial charge is 0.492 e. The van der Waals surface area contributed by atoms with Crippen molar-refractivity contribution in [3.05, 3.63) is 66.1 Å². The first-order valence-electron chi connectivity index (χ1n) is 9.73. The first-order valence-corrected chi connectivity index (χ1v) is 9.73. The summed E-state index contributed by atoms with van der Waals surface area (Å²) in [6, 6.07) is 13.6. The highest BCUT2D eigenvalue weighted by molar-refractivity contribution is 5.93. The zero-order valence-corrected chi connectivity index (χ0v) is 16.1. The molecule has 3 heterocycles.